The molecule has 0 saturated carbocycles. The van der Waals surface area contributed by atoms with Crippen LogP contribution in [0.25, 0.3) is 0 Å². The van der Waals surface area contributed by atoms with Crippen LogP contribution in [0.1, 0.15) is 0 Å². The van der Waals surface area contributed by atoms with Crippen LogP contribution in [0.3, 0.4) is 0 Å². The summed E-state index contributed by atoms with van der Waals surface area (Å²) in [5.41, 5.74) is 0. The second kappa shape index (κ2) is 4.94. The van der Waals surface area contributed by atoms with Crippen LogP contribution in [0.5, 0.6) is 11.8 Å². The van der Waals surface area contributed by atoms with Gasteiger partial charge >= 0.3 is 6.01 Å². The first-order valence-electron chi connectivity index (χ1n) is 4.67. The maximum absolute atomic E-state index is 12.2. The van der Waals surface area contributed by atoms with Gasteiger partial charge in [0.15, 0.2) is 0 Å². The van der Waals surface area contributed by atoms with Gasteiger partial charge in [-0.3, -0.25) is 0 Å². The van der Waals surface area contributed by atoms with Crippen molar-refractivity contribution >= 4 is 11.6 Å². The number of alkyl halides is 1. The van der Waals surface area contributed by atoms with Crippen molar-refractivity contribution in [3.63, 3.8) is 0 Å². The van der Waals surface area contributed by atoms with Crippen molar-refractivity contribution in [3.05, 3.63) is 35.6 Å². The first-order chi connectivity index (χ1) is 7.81. The van der Waals surface area contributed by atoms with Crippen molar-refractivity contribution in [3.8, 4) is 11.8 Å². The van der Waals surface area contributed by atoms with Gasteiger partial charge in [0.1, 0.15) is 18.8 Å². The molecular formula is C10H9ClFN3O. The lowest BCUT2D eigenvalue weighted by atomic mass is 10.3. The van der Waals surface area contributed by atoms with Crippen LogP contribution in [-0.4, -0.2) is 21.4 Å². The highest BCUT2D eigenvalue weighted by atomic mass is 35.5. The Labute approximate surface area is 96.6 Å². The molecule has 1 heterocycles. The summed E-state index contributed by atoms with van der Waals surface area (Å²) < 4.78 is 18.9. The molecular weight excluding hydrogens is 233 g/mol. The van der Waals surface area contributed by atoms with E-state index < -0.39 is 6.67 Å². The van der Waals surface area contributed by atoms with Gasteiger partial charge < -0.3 is 4.74 Å². The zero-order chi connectivity index (χ0) is 11.4. The van der Waals surface area contributed by atoms with Crippen LogP contribution in [-0.2, 0) is 6.54 Å². The first kappa shape index (κ1) is 10.9. The highest BCUT2D eigenvalue weighted by molar-refractivity contribution is 6.32. The van der Waals surface area contributed by atoms with E-state index in [1.807, 2.05) is 0 Å². The Balaban J connectivity index is 2.20. The number of para-hydroxylation sites is 1. The van der Waals surface area contributed by atoms with Gasteiger partial charge in [0, 0.05) is 0 Å². The Hall–Kier alpha value is -1.62. The summed E-state index contributed by atoms with van der Waals surface area (Å²) in [6.45, 7) is -0.415. The van der Waals surface area contributed by atoms with Crippen LogP contribution in [0.4, 0.5) is 4.39 Å². The molecule has 4 nitrogen and oxygen atoms in total. The molecule has 0 aliphatic carbocycles. The maximum Gasteiger partial charge on any atom is 0.320 e. The number of aryl methyl sites for hydroxylation is 1. The second-order valence-corrected chi connectivity index (χ2v) is 3.39. The third-order valence-electron chi connectivity index (χ3n) is 1.91. The van der Waals surface area contributed by atoms with Crippen molar-refractivity contribution in [2.75, 3.05) is 6.67 Å². The van der Waals surface area contributed by atoms with E-state index in [2.05, 4.69) is 10.1 Å². The van der Waals surface area contributed by atoms with Gasteiger partial charge in [-0.1, -0.05) is 23.7 Å². The summed E-state index contributed by atoms with van der Waals surface area (Å²) in [5, 5.41) is 4.30. The molecule has 84 valence electrons. The molecule has 0 spiro atoms. The predicted octanol–water partition coefficient (Wildman–Crippen LogP) is 2.69. The van der Waals surface area contributed by atoms with E-state index in [4.69, 9.17) is 16.3 Å². The van der Waals surface area contributed by atoms with E-state index in [1.165, 1.54) is 11.0 Å². The average Bonchev–Trinajstić information content (AvgIpc) is 2.70. The largest absolute Gasteiger partial charge is 0.423 e. The van der Waals surface area contributed by atoms with E-state index in [9.17, 15) is 4.39 Å². The number of hydrogen-bond acceptors (Lipinski definition) is 3. The fraction of sp³-hybridized carbons (Fsp3) is 0.200. The van der Waals surface area contributed by atoms with Gasteiger partial charge in [0.05, 0.1) is 11.6 Å². The molecule has 1 aromatic heterocycles. The number of ether oxygens (including phenoxy) is 1. The van der Waals surface area contributed by atoms with Crippen LogP contribution >= 0.6 is 11.6 Å². The average molecular weight is 242 g/mol. The number of nitrogens with zero attached hydrogens (tertiary/aromatic N) is 3. The maximum atomic E-state index is 12.2. The third-order valence-corrected chi connectivity index (χ3v) is 2.23. The standard InChI is InChI=1S/C10H9ClFN3O/c11-8-3-1-2-4-9(8)16-10-13-7-14-15(10)6-5-12/h1-4,7H,5-6H2. The number of rotatable bonds is 4. The summed E-state index contributed by atoms with van der Waals surface area (Å²) in [4.78, 5) is 3.88. The summed E-state index contributed by atoms with van der Waals surface area (Å²) >= 11 is 5.91. The number of aromatic nitrogens is 3. The van der Waals surface area contributed by atoms with Crippen LogP contribution in [0.15, 0.2) is 30.6 Å². The molecule has 1 aromatic carbocycles. The summed E-state index contributed by atoms with van der Waals surface area (Å²) in [6, 6.07) is 7.22. The molecule has 0 saturated heterocycles. The molecule has 2 aromatic rings. The molecule has 0 fully saturated rings. The summed E-state index contributed by atoms with van der Waals surface area (Å²) in [5.74, 6) is 0.470. The highest BCUT2D eigenvalue weighted by Gasteiger charge is 2.08. The van der Waals surface area contributed by atoms with Crippen molar-refractivity contribution in [1.82, 2.24) is 14.8 Å². The first-order valence-corrected chi connectivity index (χ1v) is 5.05. The van der Waals surface area contributed by atoms with Crippen LogP contribution in [0, 0.1) is 0 Å². The van der Waals surface area contributed by atoms with Gasteiger partial charge in [-0.15, -0.1) is 0 Å². The minimum Gasteiger partial charge on any atom is -0.423 e. The fourth-order valence-corrected chi connectivity index (χ4v) is 1.37. The normalized spacial score (nSPS) is 10.4. The fourth-order valence-electron chi connectivity index (χ4n) is 1.19. The molecule has 6 heteroatoms. The van der Waals surface area contributed by atoms with Gasteiger partial charge in [-0.05, 0) is 12.1 Å². The van der Waals surface area contributed by atoms with Gasteiger partial charge in [0.2, 0.25) is 0 Å². The molecule has 0 bridgehead atoms. The van der Waals surface area contributed by atoms with Gasteiger partial charge in [-0.2, -0.15) is 10.1 Å². The molecule has 0 radical (unpaired) electrons. The van der Waals surface area contributed by atoms with E-state index in [-0.39, 0.29) is 12.6 Å². The van der Waals surface area contributed by atoms with E-state index in [0.29, 0.717) is 10.8 Å². The minimum absolute atomic E-state index is 0.111. The molecule has 0 unspecified atom stereocenters. The molecule has 0 amide bonds. The van der Waals surface area contributed by atoms with Crippen molar-refractivity contribution in [2.45, 2.75) is 6.54 Å². The molecule has 0 atom stereocenters. The zero-order valence-corrected chi connectivity index (χ0v) is 9.06. The lowest BCUT2D eigenvalue weighted by Crippen LogP contribution is -2.04. The van der Waals surface area contributed by atoms with Gasteiger partial charge in [0.25, 0.3) is 0 Å². The third kappa shape index (κ3) is 2.30. The summed E-state index contributed by atoms with van der Waals surface area (Å²) in [7, 11) is 0. The Kier molecular flexibility index (Phi) is 3.36. The molecule has 2 rings (SSSR count). The van der Waals surface area contributed by atoms with Gasteiger partial charge in [-0.25, -0.2) is 9.07 Å². The zero-order valence-electron chi connectivity index (χ0n) is 8.31. The lowest BCUT2D eigenvalue weighted by molar-refractivity contribution is 0.363. The van der Waals surface area contributed by atoms with E-state index >= 15 is 0 Å². The topological polar surface area (TPSA) is 39.9 Å². The van der Waals surface area contributed by atoms with E-state index in [0.717, 1.165) is 0 Å². The Morgan fingerprint density at radius 3 is 2.94 bits per heavy atom. The molecule has 16 heavy (non-hydrogen) atoms. The number of halogens is 2. The van der Waals surface area contributed by atoms with Crippen molar-refractivity contribution in [1.29, 1.82) is 0 Å². The quantitative estimate of drug-likeness (QED) is 0.826. The smallest absolute Gasteiger partial charge is 0.320 e. The van der Waals surface area contributed by atoms with Crippen molar-refractivity contribution < 1.29 is 9.13 Å². The minimum atomic E-state index is -0.526. The lowest BCUT2D eigenvalue weighted by Gasteiger charge is -2.06. The number of benzene rings is 1. The number of hydrogen-bond donors (Lipinski definition) is 0. The SMILES string of the molecule is FCCn1ncnc1Oc1ccccc1Cl. The van der Waals surface area contributed by atoms with E-state index in [1.54, 1.807) is 24.3 Å². The summed E-state index contributed by atoms with van der Waals surface area (Å²) in [6.07, 6.45) is 1.31. The van der Waals surface area contributed by atoms with Crippen LogP contribution in [0.2, 0.25) is 5.02 Å². The molecule has 0 aliphatic rings. The Bertz CT molecular complexity index is 475. The Morgan fingerprint density at radius 1 is 1.38 bits per heavy atom. The second-order valence-electron chi connectivity index (χ2n) is 2.99. The predicted molar refractivity (Wildman–Crippen MR) is 57.5 cm³/mol. The van der Waals surface area contributed by atoms with Crippen molar-refractivity contribution in [2.24, 2.45) is 0 Å². The highest BCUT2D eigenvalue weighted by Crippen LogP contribution is 2.27. The molecule has 0 N–H and O–H groups in total. The van der Waals surface area contributed by atoms with Crippen LogP contribution < -0.4 is 4.74 Å². The molecule has 0 aliphatic heterocycles. The Morgan fingerprint density at radius 2 is 2.19 bits per heavy atom. The monoisotopic (exact) mass is 241 g/mol.